The number of piperidine rings is 1. The molecule has 0 aromatic heterocycles. The molecule has 0 saturated carbocycles. The van der Waals surface area contributed by atoms with Gasteiger partial charge in [0.2, 0.25) is 0 Å². The van der Waals surface area contributed by atoms with Crippen LogP contribution in [0.3, 0.4) is 0 Å². The zero-order valence-corrected chi connectivity index (χ0v) is 12.0. The highest BCUT2D eigenvalue weighted by Gasteiger charge is 2.42. The summed E-state index contributed by atoms with van der Waals surface area (Å²) in [6.07, 6.45) is -2.72. The third kappa shape index (κ3) is 4.89. The summed E-state index contributed by atoms with van der Waals surface area (Å²) < 4.78 is 36.3. The lowest BCUT2D eigenvalue weighted by molar-refractivity contribution is -0.242. The van der Waals surface area contributed by atoms with E-state index in [9.17, 15) is 18.0 Å². The molecule has 1 aromatic rings. The fraction of sp³-hybridized carbons (Fsp3) is 0.500. The van der Waals surface area contributed by atoms with Crippen LogP contribution in [0.5, 0.6) is 0 Å². The van der Waals surface area contributed by atoms with Gasteiger partial charge in [0, 0.05) is 18.1 Å². The van der Waals surface area contributed by atoms with Crippen LogP contribution in [0.25, 0.3) is 0 Å². The van der Waals surface area contributed by atoms with Gasteiger partial charge in [0.25, 0.3) is 0 Å². The second-order valence-corrected chi connectivity index (χ2v) is 5.52. The van der Waals surface area contributed by atoms with Gasteiger partial charge in [-0.1, -0.05) is 23.7 Å². The molecule has 3 nitrogen and oxygen atoms in total. The van der Waals surface area contributed by atoms with Crippen LogP contribution < -0.4 is 0 Å². The van der Waals surface area contributed by atoms with Crippen molar-refractivity contribution >= 4 is 17.6 Å². The molecule has 0 amide bonds. The van der Waals surface area contributed by atoms with E-state index < -0.39 is 12.1 Å². The Bertz CT molecular complexity index is 482. The Labute approximate surface area is 125 Å². The van der Waals surface area contributed by atoms with Crippen molar-refractivity contribution in [3.05, 3.63) is 34.9 Å². The maximum absolute atomic E-state index is 12.1. The van der Waals surface area contributed by atoms with Gasteiger partial charge >= 0.3 is 12.1 Å². The molecule has 1 fully saturated rings. The van der Waals surface area contributed by atoms with E-state index in [1.807, 2.05) is 24.3 Å². The number of carbonyl (C=O) groups excluding carboxylic acids is 1. The number of benzene rings is 1. The Balaban J connectivity index is 1.78. The van der Waals surface area contributed by atoms with E-state index in [2.05, 4.69) is 4.84 Å². The van der Waals surface area contributed by atoms with Crippen LogP contribution in [0.2, 0.25) is 5.02 Å². The number of hydrogen-bond acceptors (Lipinski definition) is 3. The minimum absolute atomic E-state index is 0.320. The van der Waals surface area contributed by atoms with E-state index in [1.165, 1.54) is 0 Å². The minimum atomic E-state index is -4.94. The summed E-state index contributed by atoms with van der Waals surface area (Å²) in [6, 6.07) is 7.52. The van der Waals surface area contributed by atoms with E-state index in [1.54, 1.807) is 0 Å². The average molecular weight is 322 g/mol. The monoisotopic (exact) mass is 321 g/mol. The summed E-state index contributed by atoms with van der Waals surface area (Å²) in [5.41, 5.74) is 1.14. The van der Waals surface area contributed by atoms with Crippen molar-refractivity contribution in [1.29, 1.82) is 0 Å². The summed E-state index contributed by atoms with van der Waals surface area (Å²) in [5.74, 6) is -1.79. The smallest absolute Gasteiger partial charge is 0.361 e. The van der Waals surface area contributed by atoms with Gasteiger partial charge in [0.05, 0.1) is 0 Å². The first-order chi connectivity index (χ1) is 9.84. The predicted molar refractivity (Wildman–Crippen MR) is 71.6 cm³/mol. The van der Waals surface area contributed by atoms with Crippen molar-refractivity contribution < 1.29 is 22.8 Å². The van der Waals surface area contributed by atoms with Crippen LogP contribution >= 0.6 is 11.6 Å². The number of nitrogens with zero attached hydrogens (tertiary/aromatic N) is 1. The molecule has 0 unspecified atom stereocenters. The number of rotatable bonds is 3. The molecule has 7 heteroatoms. The first-order valence-corrected chi connectivity index (χ1v) is 7.01. The van der Waals surface area contributed by atoms with E-state index in [4.69, 9.17) is 11.6 Å². The summed E-state index contributed by atoms with van der Waals surface area (Å²) in [4.78, 5) is 15.1. The van der Waals surface area contributed by atoms with E-state index in [0.717, 1.165) is 17.0 Å². The van der Waals surface area contributed by atoms with Gasteiger partial charge < -0.3 is 4.84 Å². The van der Waals surface area contributed by atoms with Gasteiger partial charge in [-0.2, -0.15) is 13.2 Å². The molecule has 0 aliphatic carbocycles. The molecule has 0 atom stereocenters. The summed E-state index contributed by atoms with van der Waals surface area (Å²) in [6.45, 7) is 0.639. The number of halogens is 4. The molecule has 21 heavy (non-hydrogen) atoms. The third-order valence-electron chi connectivity index (χ3n) is 3.45. The van der Waals surface area contributed by atoms with Crippen LogP contribution in [0.4, 0.5) is 13.2 Å². The van der Waals surface area contributed by atoms with Crippen molar-refractivity contribution in [3.63, 3.8) is 0 Å². The lowest BCUT2D eigenvalue weighted by atomic mass is 9.91. The number of hydroxylamine groups is 2. The van der Waals surface area contributed by atoms with Crippen LogP contribution in [-0.2, 0) is 16.1 Å². The molecule has 0 spiro atoms. The largest absolute Gasteiger partial charge is 0.492 e. The fourth-order valence-electron chi connectivity index (χ4n) is 2.33. The maximum Gasteiger partial charge on any atom is 0.492 e. The Kier molecular flexibility index (Phi) is 5.11. The normalized spacial score (nSPS) is 17.7. The highest BCUT2D eigenvalue weighted by molar-refractivity contribution is 6.30. The summed E-state index contributed by atoms with van der Waals surface area (Å²) in [5, 5.41) is 1.77. The standard InChI is InChI=1S/C14H15ClF3NO2/c15-12-3-1-10(2-4-12)9-11-5-7-19(8-6-11)21-13(20)14(16,17)18/h1-4,11H,5-9H2. The van der Waals surface area contributed by atoms with Crippen LogP contribution in [0.15, 0.2) is 24.3 Å². The van der Waals surface area contributed by atoms with Crippen molar-refractivity contribution in [1.82, 2.24) is 5.06 Å². The van der Waals surface area contributed by atoms with Gasteiger partial charge in [-0.3, -0.25) is 0 Å². The van der Waals surface area contributed by atoms with Crippen LogP contribution in [-0.4, -0.2) is 30.3 Å². The zero-order valence-electron chi connectivity index (χ0n) is 11.2. The van der Waals surface area contributed by atoms with E-state index >= 15 is 0 Å². The van der Waals surface area contributed by atoms with Gasteiger partial charge in [0.1, 0.15) is 0 Å². The number of carbonyl (C=O) groups is 1. The SMILES string of the molecule is O=C(ON1CCC(Cc2ccc(Cl)cc2)CC1)C(F)(F)F. The molecule has 2 rings (SSSR count). The van der Waals surface area contributed by atoms with Crippen molar-refractivity contribution in [2.24, 2.45) is 5.92 Å². The Morgan fingerprint density at radius 2 is 1.81 bits per heavy atom. The maximum atomic E-state index is 12.1. The van der Waals surface area contributed by atoms with E-state index in [-0.39, 0.29) is 0 Å². The molecular weight excluding hydrogens is 307 g/mol. The Hall–Kier alpha value is -1.27. The van der Waals surface area contributed by atoms with Crippen molar-refractivity contribution in [2.45, 2.75) is 25.4 Å². The molecule has 1 heterocycles. The topological polar surface area (TPSA) is 29.5 Å². The minimum Gasteiger partial charge on any atom is -0.361 e. The number of hydrogen-bond donors (Lipinski definition) is 0. The van der Waals surface area contributed by atoms with Crippen LogP contribution in [0.1, 0.15) is 18.4 Å². The molecule has 116 valence electrons. The van der Waals surface area contributed by atoms with Gasteiger partial charge in [0.15, 0.2) is 0 Å². The summed E-state index contributed by atoms with van der Waals surface area (Å²) in [7, 11) is 0. The number of alkyl halides is 3. The zero-order chi connectivity index (χ0) is 15.5. The predicted octanol–water partition coefficient (Wildman–Crippen LogP) is 3.62. The molecular formula is C14H15ClF3NO2. The average Bonchev–Trinajstić information content (AvgIpc) is 2.42. The molecule has 1 aliphatic rings. The lowest BCUT2D eigenvalue weighted by Gasteiger charge is -2.30. The second-order valence-electron chi connectivity index (χ2n) is 5.08. The molecule has 0 N–H and O–H groups in total. The van der Waals surface area contributed by atoms with Gasteiger partial charge in [-0.15, -0.1) is 5.06 Å². The fourth-order valence-corrected chi connectivity index (χ4v) is 2.45. The third-order valence-corrected chi connectivity index (χ3v) is 3.71. The molecule has 0 bridgehead atoms. The van der Waals surface area contributed by atoms with E-state index in [0.29, 0.717) is 36.9 Å². The Morgan fingerprint density at radius 1 is 1.24 bits per heavy atom. The second kappa shape index (κ2) is 6.66. The lowest BCUT2D eigenvalue weighted by Crippen LogP contribution is -2.39. The highest BCUT2D eigenvalue weighted by Crippen LogP contribution is 2.24. The van der Waals surface area contributed by atoms with Crippen molar-refractivity contribution in [3.8, 4) is 0 Å². The molecule has 0 radical (unpaired) electrons. The first-order valence-electron chi connectivity index (χ1n) is 6.63. The quantitative estimate of drug-likeness (QED) is 0.851. The summed E-state index contributed by atoms with van der Waals surface area (Å²) >= 11 is 5.81. The highest BCUT2D eigenvalue weighted by atomic mass is 35.5. The van der Waals surface area contributed by atoms with Crippen LogP contribution in [0, 0.1) is 5.92 Å². The molecule has 1 aromatic carbocycles. The molecule has 1 saturated heterocycles. The van der Waals surface area contributed by atoms with Gasteiger partial charge in [-0.05, 0) is 42.9 Å². The first kappa shape index (κ1) is 16.1. The Morgan fingerprint density at radius 3 is 2.33 bits per heavy atom. The molecule has 1 aliphatic heterocycles. The van der Waals surface area contributed by atoms with Crippen molar-refractivity contribution in [2.75, 3.05) is 13.1 Å². The van der Waals surface area contributed by atoms with Gasteiger partial charge in [-0.25, -0.2) is 4.79 Å².